The van der Waals surface area contributed by atoms with Gasteiger partial charge in [-0.15, -0.1) is 0 Å². The zero-order chi connectivity index (χ0) is 15.0. The second-order valence-electron chi connectivity index (χ2n) is 4.40. The number of anilines is 1. The van der Waals surface area contributed by atoms with Crippen molar-refractivity contribution in [3.8, 4) is 0 Å². The number of hydrogen-bond donors (Lipinski definition) is 2. The Hall–Kier alpha value is -1.32. The van der Waals surface area contributed by atoms with Crippen molar-refractivity contribution in [2.45, 2.75) is 11.1 Å². The van der Waals surface area contributed by atoms with Crippen LogP contribution < -0.4 is 11.1 Å². The monoisotopic (exact) mass is 309 g/mol. The quantitative estimate of drug-likeness (QED) is 0.795. The molecule has 5 nitrogen and oxygen atoms in total. The molecule has 0 amide bonds. The maximum atomic E-state index is 12.5. The van der Waals surface area contributed by atoms with Crippen molar-refractivity contribution in [3.63, 3.8) is 0 Å². The SMILES string of the molecule is Nc1cc(C(F)(F)F)ccc1S(=O)(=O)N1CCNCC1. The summed E-state index contributed by atoms with van der Waals surface area (Å²) in [5.41, 5.74) is 4.14. The summed E-state index contributed by atoms with van der Waals surface area (Å²) in [7, 11) is -3.85. The number of halogens is 3. The predicted molar refractivity (Wildman–Crippen MR) is 67.5 cm³/mol. The Labute approximate surface area is 114 Å². The molecule has 1 aromatic carbocycles. The highest BCUT2D eigenvalue weighted by molar-refractivity contribution is 7.89. The lowest BCUT2D eigenvalue weighted by Crippen LogP contribution is -2.46. The first-order valence-electron chi connectivity index (χ1n) is 5.90. The molecule has 3 N–H and O–H groups in total. The van der Waals surface area contributed by atoms with Gasteiger partial charge < -0.3 is 11.1 Å². The molecular formula is C11H14F3N3O2S. The number of piperazine rings is 1. The van der Waals surface area contributed by atoms with Crippen molar-refractivity contribution >= 4 is 15.7 Å². The number of sulfonamides is 1. The summed E-state index contributed by atoms with van der Waals surface area (Å²) in [5, 5.41) is 3.00. The van der Waals surface area contributed by atoms with Crippen LogP contribution >= 0.6 is 0 Å². The molecule has 0 radical (unpaired) electrons. The zero-order valence-electron chi connectivity index (χ0n) is 10.4. The fraction of sp³-hybridized carbons (Fsp3) is 0.455. The molecule has 0 unspecified atom stereocenters. The van der Waals surface area contributed by atoms with Crippen LogP contribution in [0.2, 0.25) is 0 Å². The van der Waals surface area contributed by atoms with E-state index in [1.165, 1.54) is 4.31 Å². The molecule has 1 aliphatic rings. The van der Waals surface area contributed by atoms with Crippen LogP contribution in [0.1, 0.15) is 5.56 Å². The molecule has 0 saturated carbocycles. The average molecular weight is 309 g/mol. The van der Waals surface area contributed by atoms with Crippen LogP contribution in [0, 0.1) is 0 Å². The Morgan fingerprint density at radius 1 is 1.20 bits per heavy atom. The van der Waals surface area contributed by atoms with Crippen molar-refractivity contribution in [1.29, 1.82) is 0 Å². The van der Waals surface area contributed by atoms with Gasteiger partial charge in [0.1, 0.15) is 4.90 Å². The van der Waals surface area contributed by atoms with Crippen LogP contribution in [0.5, 0.6) is 0 Å². The Kier molecular flexibility index (Phi) is 3.94. The summed E-state index contributed by atoms with van der Waals surface area (Å²) >= 11 is 0. The van der Waals surface area contributed by atoms with E-state index in [4.69, 9.17) is 5.73 Å². The Morgan fingerprint density at radius 3 is 2.30 bits per heavy atom. The molecular weight excluding hydrogens is 295 g/mol. The van der Waals surface area contributed by atoms with Crippen molar-refractivity contribution in [2.75, 3.05) is 31.9 Å². The number of hydrogen-bond acceptors (Lipinski definition) is 4. The molecule has 0 aromatic heterocycles. The van der Waals surface area contributed by atoms with Crippen molar-refractivity contribution in [1.82, 2.24) is 9.62 Å². The Morgan fingerprint density at radius 2 is 1.80 bits per heavy atom. The molecule has 2 rings (SSSR count). The van der Waals surface area contributed by atoms with Gasteiger partial charge in [-0.3, -0.25) is 0 Å². The average Bonchev–Trinajstić information content (AvgIpc) is 2.38. The molecule has 1 fully saturated rings. The van der Waals surface area contributed by atoms with E-state index in [0.29, 0.717) is 19.2 Å². The molecule has 112 valence electrons. The van der Waals surface area contributed by atoms with E-state index in [2.05, 4.69) is 5.32 Å². The first-order chi connectivity index (χ1) is 9.23. The smallest absolute Gasteiger partial charge is 0.398 e. The predicted octanol–water partition coefficient (Wildman–Crippen LogP) is 0.881. The summed E-state index contributed by atoms with van der Waals surface area (Å²) in [5.74, 6) is 0. The number of benzene rings is 1. The standard InChI is InChI=1S/C11H14F3N3O2S/c12-11(13,14)8-1-2-10(9(15)7-8)20(18,19)17-5-3-16-4-6-17/h1-2,7,16H,3-6,15H2. The molecule has 1 heterocycles. The van der Waals surface area contributed by atoms with Gasteiger partial charge in [0, 0.05) is 26.2 Å². The molecule has 9 heteroatoms. The van der Waals surface area contributed by atoms with E-state index in [0.717, 1.165) is 12.1 Å². The van der Waals surface area contributed by atoms with E-state index in [9.17, 15) is 21.6 Å². The van der Waals surface area contributed by atoms with Gasteiger partial charge in [0.05, 0.1) is 11.3 Å². The number of rotatable bonds is 2. The Bertz CT molecular complexity index is 595. The third kappa shape index (κ3) is 2.89. The van der Waals surface area contributed by atoms with Crippen LogP contribution in [0.15, 0.2) is 23.1 Å². The van der Waals surface area contributed by atoms with Gasteiger partial charge in [0.25, 0.3) is 0 Å². The van der Waals surface area contributed by atoms with Crippen LogP contribution in [0.3, 0.4) is 0 Å². The van der Waals surface area contributed by atoms with Crippen molar-refractivity contribution in [2.24, 2.45) is 0 Å². The second-order valence-corrected chi connectivity index (χ2v) is 6.31. The highest BCUT2D eigenvalue weighted by Gasteiger charge is 2.33. The van der Waals surface area contributed by atoms with Crippen molar-refractivity contribution < 1.29 is 21.6 Å². The molecule has 20 heavy (non-hydrogen) atoms. The number of nitrogen functional groups attached to an aromatic ring is 1. The fourth-order valence-corrected chi connectivity index (χ4v) is 3.52. The lowest BCUT2D eigenvalue weighted by molar-refractivity contribution is -0.137. The number of alkyl halides is 3. The zero-order valence-corrected chi connectivity index (χ0v) is 11.3. The lowest BCUT2D eigenvalue weighted by atomic mass is 10.2. The minimum atomic E-state index is -4.55. The van der Waals surface area contributed by atoms with E-state index < -0.39 is 27.5 Å². The summed E-state index contributed by atoms with van der Waals surface area (Å²) in [4.78, 5) is -0.285. The van der Waals surface area contributed by atoms with Gasteiger partial charge in [0.15, 0.2) is 0 Å². The maximum absolute atomic E-state index is 12.5. The summed E-state index contributed by atoms with van der Waals surface area (Å²) in [6.07, 6.45) is -4.55. The number of nitrogens with two attached hydrogens (primary N) is 1. The lowest BCUT2D eigenvalue weighted by Gasteiger charge is -2.27. The Balaban J connectivity index is 2.37. The topological polar surface area (TPSA) is 75.4 Å². The van der Waals surface area contributed by atoms with Crippen LogP contribution in [-0.2, 0) is 16.2 Å². The maximum Gasteiger partial charge on any atom is 0.416 e. The third-order valence-electron chi connectivity index (χ3n) is 3.03. The molecule has 1 saturated heterocycles. The minimum Gasteiger partial charge on any atom is -0.398 e. The summed E-state index contributed by atoms with van der Waals surface area (Å²) in [6.45, 7) is 1.53. The third-order valence-corrected chi connectivity index (χ3v) is 5.00. The van der Waals surface area contributed by atoms with Gasteiger partial charge in [0.2, 0.25) is 10.0 Å². The van der Waals surface area contributed by atoms with Gasteiger partial charge in [-0.25, -0.2) is 8.42 Å². The van der Waals surface area contributed by atoms with Crippen LogP contribution in [0.25, 0.3) is 0 Å². The van der Waals surface area contributed by atoms with E-state index >= 15 is 0 Å². The molecule has 0 atom stereocenters. The van der Waals surface area contributed by atoms with E-state index in [1.54, 1.807) is 0 Å². The summed E-state index contributed by atoms with van der Waals surface area (Å²) < 4.78 is 63.4. The second kappa shape index (κ2) is 5.23. The molecule has 1 aromatic rings. The molecule has 0 aliphatic carbocycles. The molecule has 0 spiro atoms. The first kappa shape index (κ1) is 15.1. The van der Waals surface area contributed by atoms with E-state index in [1.807, 2.05) is 0 Å². The minimum absolute atomic E-state index is 0.267. The van der Waals surface area contributed by atoms with Gasteiger partial charge in [-0.1, -0.05) is 0 Å². The summed E-state index contributed by atoms with van der Waals surface area (Å²) in [6, 6.07) is 2.29. The van der Waals surface area contributed by atoms with Crippen LogP contribution in [0.4, 0.5) is 18.9 Å². The van der Waals surface area contributed by atoms with Gasteiger partial charge >= 0.3 is 6.18 Å². The number of nitrogens with one attached hydrogen (secondary N) is 1. The number of nitrogens with zero attached hydrogens (tertiary/aromatic N) is 1. The highest BCUT2D eigenvalue weighted by Crippen LogP contribution is 2.33. The van der Waals surface area contributed by atoms with Gasteiger partial charge in [-0.05, 0) is 18.2 Å². The van der Waals surface area contributed by atoms with Gasteiger partial charge in [-0.2, -0.15) is 17.5 Å². The van der Waals surface area contributed by atoms with Crippen molar-refractivity contribution in [3.05, 3.63) is 23.8 Å². The normalized spacial score (nSPS) is 18.1. The largest absolute Gasteiger partial charge is 0.416 e. The fourth-order valence-electron chi connectivity index (χ4n) is 1.98. The van der Waals surface area contributed by atoms with Crippen LogP contribution in [-0.4, -0.2) is 38.9 Å². The van der Waals surface area contributed by atoms with E-state index in [-0.39, 0.29) is 18.0 Å². The molecule has 1 aliphatic heterocycles. The first-order valence-corrected chi connectivity index (χ1v) is 7.34. The molecule has 0 bridgehead atoms. The highest BCUT2D eigenvalue weighted by atomic mass is 32.2.